The molecule has 0 spiro atoms. The summed E-state index contributed by atoms with van der Waals surface area (Å²) in [6, 6.07) is 16.6. The normalized spacial score (nSPS) is 14.4. The molecule has 112 valence electrons. The highest BCUT2D eigenvalue weighted by molar-refractivity contribution is 7.20. The van der Waals surface area contributed by atoms with Crippen molar-refractivity contribution in [1.29, 1.82) is 0 Å². The second-order valence-corrected chi connectivity index (χ2v) is 7.02. The number of para-hydroxylation sites is 1. The number of thiazole rings is 1. The predicted molar refractivity (Wildman–Crippen MR) is 91.8 cm³/mol. The van der Waals surface area contributed by atoms with Gasteiger partial charge in [-0.1, -0.05) is 54.9 Å². The van der Waals surface area contributed by atoms with E-state index in [0.29, 0.717) is 5.19 Å². The second-order valence-electron chi connectivity index (χ2n) is 6.03. The third kappa shape index (κ3) is 3.30. The minimum Gasteiger partial charge on any atom is -0.431 e. The molecule has 0 saturated heterocycles. The van der Waals surface area contributed by atoms with Crippen LogP contribution in [0.3, 0.4) is 0 Å². The molecule has 2 nitrogen and oxygen atoms in total. The van der Waals surface area contributed by atoms with Gasteiger partial charge in [-0.15, -0.1) is 0 Å². The van der Waals surface area contributed by atoms with Crippen LogP contribution in [0.2, 0.25) is 0 Å². The zero-order chi connectivity index (χ0) is 14.8. The topological polar surface area (TPSA) is 22.1 Å². The number of hydrogen-bond acceptors (Lipinski definition) is 3. The van der Waals surface area contributed by atoms with Gasteiger partial charge >= 0.3 is 0 Å². The minimum absolute atomic E-state index is 0.711. The van der Waals surface area contributed by atoms with Crippen LogP contribution in [0.25, 0.3) is 10.2 Å². The summed E-state index contributed by atoms with van der Waals surface area (Å²) < 4.78 is 7.04. The number of aromatic nitrogens is 1. The van der Waals surface area contributed by atoms with E-state index in [-0.39, 0.29) is 0 Å². The van der Waals surface area contributed by atoms with Gasteiger partial charge in [-0.05, 0) is 48.6 Å². The Labute approximate surface area is 134 Å². The Bertz CT molecular complexity index is 725. The molecule has 0 unspecified atom stereocenters. The Kier molecular flexibility index (Phi) is 3.81. The van der Waals surface area contributed by atoms with E-state index >= 15 is 0 Å². The molecule has 3 heteroatoms. The number of rotatable bonds is 6. The third-order valence-corrected chi connectivity index (χ3v) is 5.09. The van der Waals surface area contributed by atoms with Crippen LogP contribution in [0.4, 0.5) is 0 Å². The maximum atomic E-state index is 5.88. The van der Waals surface area contributed by atoms with Gasteiger partial charge in [0, 0.05) is 0 Å². The van der Waals surface area contributed by atoms with E-state index in [4.69, 9.17) is 4.74 Å². The van der Waals surface area contributed by atoms with Crippen molar-refractivity contribution in [2.75, 3.05) is 0 Å². The summed E-state index contributed by atoms with van der Waals surface area (Å²) in [6.07, 6.45) is 6.79. The van der Waals surface area contributed by atoms with Gasteiger partial charge in [0.25, 0.3) is 5.19 Å². The maximum absolute atomic E-state index is 5.88. The van der Waals surface area contributed by atoms with Gasteiger partial charge in [0.1, 0.15) is 5.75 Å². The van der Waals surface area contributed by atoms with Crippen LogP contribution in [0, 0.1) is 5.92 Å². The van der Waals surface area contributed by atoms with Crippen molar-refractivity contribution < 1.29 is 4.74 Å². The second kappa shape index (κ2) is 6.09. The summed E-state index contributed by atoms with van der Waals surface area (Å²) in [5, 5.41) is 0.711. The number of benzene rings is 2. The number of nitrogens with zero attached hydrogens (tertiary/aromatic N) is 1. The molecule has 22 heavy (non-hydrogen) atoms. The Hall–Kier alpha value is -1.87. The first-order valence-electron chi connectivity index (χ1n) is 7.99. The van der Waals surface area contributed by atoms with E-state index in [1.54, 1.807) is 11.3 Å². The maximum Gasteiger partial charge on any atom is 0.279 e. The molecule has 0 atom stereocenters. The molecule has 1 aromatic heterocycles. The van der Waals surface area contributed by atoms with Crippen LogP contribution >= 0.6 is 11.3 Å². The molecule has 1 aliphatic carbocycles. The van der Waals surface area contributed by atoms with Crippen LogP contribution in [-0.4, -0.2) is 4.98 Å². The van der Waals surface area contributed by atoms with Crippen molar-refractivity contribution in [3.8, 4) is 10.9 Å². The standard InChI is InChI=1S/C19H19NOS/c1-2-7-18-17(6-1)20-19(22-18)21-16-12-10-15(11-13-16)5-3-4-14-8-9-14/h1-2,6-7,10-14H,3-5,8-9H2. The molecule has 1 fully saturated rings. The first-order valence-corrected chi connectivity index (χ1v) is 8.81. The lowest BCUT2D eigenvalue weighted by atomic mass is 10.1. The smallest absolute Gasteiger partial charge is 0.279 e. The average molecular weight is 309 g/mol. The van der Waals surface area contributed by atoms with E-state index in [9.17, 15) is 0 Å². The molecule has 0 N–H and O–H groups in total. The van der Waals surface area contributed by atoms with Gasteiger partial charge in [0.2, 0.25) is 0 Å². The summed E-state index contributed by atoms with van der Waals surface area (Å²) in [4.78, 5) is 4.50. The van der Waals surface area contributed by atoms with Crippen molar-refractivity contribution in [3.63, 3.8) is 0 Å². The molecule has 0 bridgehead atoms. The molecule has 3 aromatic rings. The fourth-order valence-corrected chi connectivity index (χ4v) is 3.56. The van der Waals surface area contributed by atoms with Crippen LogP contribution < -0.4 is 4.74 Å². The van der Waals surface area contributed by atoms with Crippen molar-refractivity contribution in [3.05, 3.63) is 54.1 Å². The quantitative estimate of drug-likeness (QED) is 0.572. The summed E-state index contributed by atoms with van der Waals surface area (Å²) >= 11 is 1.59. The zero-order valence-electron chi connectivity index (χ0n) is 12.5. The number of fused-ring (bicyclic) bond motifs is 1. The molecule has 1 saturated carbocycles. The largest absolute Gasteiger partial charge is 0.431 e. The van der Waals surface area contributed by atoms with E-state index < -0.39 is 0 Å². The lowest BCUT2D eigenvalue weighted by molar-refractivity contribution is 0.480. The van der Waals surface area contributed by atoms with Crippen molar-refractivity contribution in [2.45, 2.75) is 32.1 Å². The van der Waals surface area contributed by atoms with Crippen LogP contribution in [-0.2, 0) is 6.42 Å². The lowest BCUT2D eigenvalue weighted by Crippen LogP contribution is -1.88. The van der Waals surface area contributed by atoms with Crippen molar-refractivity contribution in [1.82, 2.24) is 4.98 Å². The van der Waals surface area contributed by atoms with Crippen LogP contribution in [0.15, 0.2) is 48.5 Å². The predicted octanol–water partition coefficient (Wildman–Crippen LogP) is 5.82. The fourth-order valence-electron chi connectivity index (χ4n) is 2.72. The average Bonchev–Trinajstić information content (AvgIpc) is 3.27. The summed E-state index contributed by atoms with van der Waals surface area (Å²) in [5.41, 5.74) is 2.40. The summed E-state index contributed by atoms with van der Waals surface area (Å²) in [6.45, 7) is 0. The molecule has 0 aliphatic heterocycles. The zero-order valence-corrected chi connectivity index (χ0v) is 13.3. The number of hydrogen-bond donors (Lipinski definition) is 0. The van der Waals surface area contributed by atoms with Crippen molar-refractivity contribution in [2.24, 2.45) is 5.92 Å². The molecule has 1 heterocycles. The van der Waals surface area contributed by atoms with Crippen LogP contribution in [0.1, 0.15) is 31.2 Å². The van der Waals surface area contributed by atoms with E-state index in [1.807, 2.05) is 18.2 Å². The Morgan fingerprint density at radius 1 is 1.05 bits per heavy atom. The molecule has 0 amide bonds. The Morgan fingerprint density at radius 2 is 1.86 bits per heavy atom. The monoisotopic (exact) mass is 309 g/mol. The lowest BCUT2D eigenvalue weighted by Gasteiger charge is -2.04. The van der Waals surface area contributed by atoms with E-state index in [2.05, 4.69) is 35.3 Å². The highest BCUT2D eigenvalue weighted by Gasteiger charge is 2.19. The Morgan fingerprint density at radius 3 is 2.64 bits per heavy atom. The van der Waals surface area contributed by atoms with Gasteiger partial charge in [0.05, 0.1) is 10.2 Å². The third-order valence-electron chi connectivity index (χ3n) is 4.18. The number of aryl methyl sites for hydroxylation is 1. The molecule has 4 rings (SSSR count). The highest BCUT2D eigenvalue weighted by atomic mass is 32.1. The molecule has 0 radical (unpaired) electrons. The Balaban J connectivity index is 1.39. The first kappa shape index (κ1) is 13.8. The van der Waals surface area contributed by atoms with E-state index in [0.717, 1.165) is 21.9 Å². The van der Waals surface area contributed by atoms with Gasteiger partial charge in [-0.25, -0.2) is 4.98 Å². The van der Waals surface area contributed by atoms with Gasteiger partial charge in [-0.2, -0.15) is 0 Å². The molecular formula is C19H19NOS. The summed E-state index contributed by atoms with van der Waals surface area (Å²) in [5.74, 6) is 1.90. The van der Waals surface area contributed by atoms with Gasteiger partial charge in [0.15, 0.2) is 0 Å². The number of ether oxygens (including phenoxy) is 1. The summed E-state index contributed by atoms with van der Waals surface area (Å²) in [7, 11) is 0. The minimum atomic E-state index is 0.711. The fraction of sp³-hybridized carbons (Fsp3) is 0.316. The first-order chi connectivity index (χ1) is 10.9. The molecule has 2 aromatic carbocycles. The highest BCUT2D eigenvalue weighted by Crippen LogP contribution is 2.34. The molecular weight excluding hydrogens is 290 g/mol. The van der Waals surface area contributed by atoms with Gasteiger partial charge in [-0.3, -0.25) is 0 Å². The molecule has 1 aliphatic rings. The van der Waals surface area contributed by atoms with Crippen LogP contribution in [0.5, 0.6) is 10.9 Å². The van der Waals surface area contributed by atoms with E-state index in [1.165, 1.54) is 37.7 Å². The van der Waals surface area contributed by atoms with Gasteiger partial charge < -0.3 is 4.74 Å². The van der Waals surface area contributed by atoms with Crippen molar-refractivity contribution >= 4 is 21.6 Å². The SMILES string of the molecule is c1ccc2sc(Oc3ccc(CCCC4CC4)cc3)nc2c1.